The molecular weight excluding hydrogens is 252 g/mol. The van der Waals surface area contributed by atoms with Crippen molar-refractivity contribution in [2.75, 3.05) is 5.73 Å². The van der Waals surface area contributed by atoms with Crippen molar-refractivity contribution >= 4 is 33.1 Å². The molecule has 0 saturated heterocycles. The van der Waals surface area contributed by atoms with Crippen LogP contribution in [0.25, 0.3) is 0 Å². The molecule has 0 spiro atoms. The molecule has 0 amide bonds. The van der Waals surface area contributed by atoms with Crippen molar-refractivity contribution in [3.63, 3.8) is 0 Å². The van der Waals surface area contributed by atoms with Crippen LogP contribution in [0.2, 0.25) is 0 Å². The first kappa shape index (κ1) is 8.71. The lowest BCUT2D eigenvalue weighted by molar-refractivity contribution is 0.651. The van der Waals surface area contributed by atoms with E-state index in [9.17, 15) is 0 Å². The van der Waals surface area contributed by atoms with Gasteiger partial charge in [0.2, 0.25) is 0 Å². The molecule has 2 aromatic rings. The molecule has 0 bridgehead atoms. The average molecular weight is 259 g/mol. The summed E-state index contributed by atoms with van der Waals surface area (Å²) in [6.07, 6.45) is 1.71. The highest BCUT2D eigenvalue weighted by molar-refractivity contribution is 9.11. The summed E-state index contributed by atoms with van der Waals surface area (Å²) in [6.45, 7) is 0.715. The molecular formula is C7H7BrN4S. The van der Waals surface area contributed by atoms with Crippen molar-refractivity contribution in [3.05, 3.63) is 27.0 Å². The van der Waals surface area contributed by atoms with Gasteiger partial charge in [0.05, 0.1) is 16.5 Å². The Balaban J connectivity index is 2.14. The van der Waals surface area contributed by atoms with Crippen molar-refractivity contribution in [3.8, 4) is 0 Å². The van der Waals surface area contributed by atoms with Crippen LogP contribution in [0.1, 0.15) is 5.56 Å². The summed E-state index contributed by atoms with van der Waals surface area (Å²) in [6, 6.07) is 2.06. The van der Waals surface area contributed by atoms with E-state index >= 15 is 0 Å². The number of aromatic nitrogens is 3. The summed E-state index contributed by atoms with van der Waals surface area (Å²) in [5.41, 5.74) is 6.63. The zero-order chi connectivity index (χ0) is 9.26. The van der Waals surface area contributed by atoms with Gasteiger partial charge in [0, 0.05) is 0 Å². The highest BCUT2D eigenvalue weighted by atomic mass is 79.9. The van der Waals surface area contributed by atoms with Gasteiger partial charge in [-0.25, -0.2) is 4.68 Å². The lowest BCUT2D eigenvalue weighted by Gasteiger charge is -1.94. The van der Waals surface area contributed by atoms with E-state index in [1.165, 1.54) is 5.56 Å². The van der Waals surface area contributed by atoms with Crippen molar-refractivity contribution in [2.24, 2.45) is 0 Å². The number of hydrogen-bond donors (Lipinski definition) is 1. The first-order valence-electron chi connectivity index (χ1n) is 3.62. The standard InChI is InChI=1S/C7H7BrN4S/c8-6-1-5(4-13-6)2-12-3-7(9)10-11-12/h1,3-4H,2,9H2. The highest BCUT2D eigenvalue weighted by Crippen LogP contribution is 2.21. The van der Waals surface area contributed by atoms with Crippen LogP contribution >= 0.6 is 27.3 Å². The largest absolute Gasteiger partial charge is 0.381 e. The molecule has 0 fully saturated rings. The minimum atomic E-state index is 0.453. The maximum atomic E-state index is 5.44. The Morgan fingerprint density at radius 1 is 1.62 bits per heavy atom. The first-order chi connectivity index (χ1) is 6.24. The second-order valence-electron chi connectivity index (χ2n) is 2.60. The maximum Gasteiger partial charge on any atom is 0.165 e. The third kappa shape index (κ3) is 2.07. The zero-order valence-corrected chi connectivity index (χ0v) is 9.05. The van der Waals surface area contributed by atoms with Gasteiger partial charge in [0.15, 0.2) is 5.82 Å². The third-order valence-corrected chi connectivity index (χ3v) is 3.08. The Bertz CT molecular complexity index is 370. The van der Waals surface area contributed by atoms with Crippen LogP contribution in [0.3, 0.4) is 0 Å². The van der Waals surface area contributed by atoms with Gasteiger partial charge in [0.25, 0.3) is 0 Å². The van der Waals surface area contributed by atoms with E-state index in [0.717, 1.165) is 3.79 Å². The van der Waals surface area contributed by atoms with Crippen LogP contribution in [0.15, 0.2) is 21.4 Å². The lowest BCUT2D eigenvalue weighted by Crippen LogP contribution is -1.98. The molecule has 0 aliphatic heterocycles. The van der Waals surface area contributed by atoms with E-state index < -0.39 is 0 Å². The molecule has 0 unspecified atom stereocenters. The van der Waals surface area contributed by atoms with Crippen molar-refractivity contribution in [1.82, 2.24) is 15.0 Å². The number of nitrogen functional groups attached to an aromatic ring is 1. The first-order valence-corrected chi connectivity index (χ1v) is 5.30. The summed E-state index contributed by atoms with van der Waals surface area (Å²) in [5, 5.41) is 9.62. The summed E-state index contributed by atoms with van der Waals surface area (Å²) in [7, 11) is 0. The number of nitrogens with two attached hydrogens (primary N) is 1. The Morgan fingerprint density at radius 3 is 3.00 bits per heavy atom. The Labute approximate surface area is 87.5 Å². The third-order valence-electron chi connectivity index (χ3n) is 1.52. The van der Waals surface area contributed by atoms with Gasteiger partial charge in [0.1, 0.15) is 0 Å². The van der Waals surface area contributed by atoms with Crippen LogP contribution in [0.4, 0.5) is 5.82 Å². The van der Waals surface area contributed by atoms with E-state index in [2.05, 4.69) is 37.7 Å². The van der Waals surface area contributed by atoms with Gasteiger partial charge in [-0.1, -0.05) is 5.21 Å². The number of thiophene rings is 1. The van der Waals surface area contributed by atoms with Crippen LogP contribution in [-0.4, -0.2) is 15.0 Å². The molecule has 0 aliphatic rings. The smallest absolute Gasteiger partial charge is 0.165 e. The van der Waals surface area contributed by atoms with E-state index in [1.807, 2.05) is 0 Å². The molecule has 0 saturated carbocycles. The topological polar surface area (TPSA) is 56.7 Å². The highest BCUT2D eigenvalue weighted by Gasteiger charge is 2.00. The number of anilines is 1. The number of halogens is 1. The van der Waals surface area contributed by atoms with Crippen molar-refractivity contribution < 1.29 is 0 Å². The van der Waals surface area contributed by atoms with Crippen molar-refractivity contribution in [1.29, 1.82) is 0 Å². The molecule has 2 rings (SSSR count). The van der Waals surface area contributed by atoms with Crippen LogP contribution in [0, 0.1) is 0 Å². The van der Waals surface area contributed by atoms with Gasteiger partial charge >= 0.3 is 0 Å². The zero-order valence-electron chi connectivity index (χ0n) is 6.64. The maximum absolute atomic E-state index is 5.44. The van der Waals surface area contributed by atoms with E-state index in [-0.39, 0.29) is 0 Å². The van der Waals surface area contributed by atoms with Gasteiger partial charge < -0.3 is 5.73 Å². The summed E-state index contributed by atoms with van der Waals surface area (Å²) >= 11 is 5.05. The molecule has 6 heteroatoms. The van der Waals surface area contributed by atoms with Gasteiger partial charge in [-0.2, -0.15) is 0 Å². The van der Waals surface area contributed by atoms with Gasteiger partial charge in [-0.3, -0.25) is 0 Å². The minimum Gasteiger partial charge on any atom is -0.381 e. The molecule has 0 aromatic carbocycles. The molecule has 2 aromatic heterocycles. The lowest BCUT2D eigenvalue weighted by atomic mass is 10.3. The number of rotatable bonds is 2. The predicted molar refractivity (Wildman–Crippen MR) is 55.6 cm³/mol. The molecule has 2 heterocycles. The molecule has 68 valence electrons. The Kier molecular flexibility index (Phi) is 2.32. The monoisotopic (exact) mass is 258 g/mol. The van der Waals surface area contributed by atoms with E-state index in [0.29, 0.717) is 12.4 Å². The summed E-state index contributed by atoms with van der Waals surface area (Å²) in [5.74, 6) is 0.453. The molecule has 0 atom stereocenters. The fourth-order valence-electron chi connectivity index (χ4n) is 1.01. The summed E-state index contributed by atoms with van der Waals surface area (Å²) < 4.78 is 2.83. The fourth-order valence-corrected chi connectivity index (χ4v) is 2.21. The SMILES string of the molecule is Nc1cn(Cc2csc(Br)c2)nn1. The average Bonchev–Trinajstić information content (AvgIpc) is 2.62. The quantitative estimate of drug-likeness (QED) is 0.893. The minimum absolute atomic E-state index is 0.453. The Morgan fingerprint density at radius 2 is 2.46 bits per heavy atom. The predicted octanol–water partition coefficient (Wildman–Crippen LogP) is 1.73. The van der Waals surface area contributed by atoms with Crippen molar-refractivity contribution in [2.45, 2.75) is 6.54 Å². The molecule has 0 aliphatic carbocycles. The summed E-state index contributed by atoms with van der Waals surface area (Å²) in [4.78, 5) is 0. The van der Waals surface area contributed by atoms with Crippen LogP contribution < -0.4 is 5.73 Å². The van der Waals surface area contributed by atoms with E-state index in [4.69, 9.17) is 5.73 Å². The Hall–Kier alpha value is -0.880. The second-order valence-corrected chi connectivity index (χ2v) is 4.89. The normalized spacial score (nSPS) is 10.5. The van der Waals surface area contributed by atoms with E-state index in [1.54, 1.807) is 22.2 Å². The molecule has 0 radical (unpaired) electrons. The molecule has 13 heavy (non-hydrogen) atoms. The number of nitrogens with zero attached hydrogens (tertiary/aromatic N) is 3. The van der Waals surface area contributed by atoms with Crippen LogP contribution in [0.5, 0.6) is 0 Å². The fraction of sp³-hybridized carbons (Fsp3) is 0.143. The number of hydrogen-bond acceptors (Lipinski definition) is 4. The molecule has 4 nitrogen and oxygen atoms in total. The van der Waals surface area contributed by atoms with Gasteiger partial charge in [-0.05, 0) is 32.9 Å². The second kappa shape index (κ2) is 3.47. The van der Waals surface area contributed by atoms with Gasteiger partial charge in [-0.15, -0.1) is 16.4 Å². The van der Waals surface area contributed by atoms with Crippen LogP contribution in [-0.2, 0) is 6.54 Å². The molecule has 2 N–H and O–H groups in total.